The molecule has 3 aromatic rings. The van der Waals surface area contributed by atoms with Crippen LogP contribution in [-0.2, 0) is 0 Å². The third-order valence-corrected chi connectivity index (χ3v) is 5.59. The molecule has 0 unspecified atom stereocenters. The minimum Gasteiger partial charge on any atom is -0.422 e. The predicted molar refractivity (Wildman–Crippen MR) is 118 cm³/mol. The fourth-order valence-corrected chi connectivity index (χ4v) is 4.06. The molecule has 1 aromatic heterocycles. The van der Waals surface area contributed by atoms with Crippen LogP contribution in [0.1, 0.15) is 36.6 Å². The first-order chi connectivity index (χ1) is 14.6. The normalized spacial score (nSPS) is 15.3. The number of nitriles is 1. The van der Waals surface area contributed by atoms with Crippen LogP contribution in [0, 0.1) is 18.3 Å². The summed E-state index contributed by atoms with van der Waals surface area (Å²) in [5, 5.41) is 14.6. The molecule has 0 bridgehead atoms. The zero-order chi connectivity index (χ0) is 21.3. The Bertz CT molecular complexity index is 1120. The maximum absolute atomic E-state index is 9.85. The molecule has 0 amide bonds. The van der Waals surface area contributed by atoms with Crippen molar-refractivity contribution in [2.24, 2.45) is 5.73 Å². The highest BCUT2D eigenvalue weighted by Crippen LogP contribution is 2.44. The van der Waals surface area contributed by atoms with E-state index in [-0.39, 0.29) is 11.8 Å². The van der Waals surface area contributed by atoms with Crippen molar-refractivity contribution in [3.63, 3.8) is 0 Å². The molecule has 0 spiro atoms. The predicted octanol–water partition coefficient (Wildman–Crippen LogP) is 4.25. The first-order valence-corrected chi connectivity index (χ1v) is 10.2. The SMILES string of the molecule is CCN(CC)c1ccc([C@H]2C(C#N)=C(N)Oc3c2c(C)nn3-c2ccccc2)cc1. The molecule has 0 saturated heterocycles. The molecule has 6 heteroatoms. The third-order valence-electron chi connectivity index (χ3n) is 5.59. The van der Waals surface area contributed by atoms with Crippen LogP contribution in [0.4, 0.5) is 5.69 Å². The van der Waals surface area contributed by atoms with Crippen LogP contribution in [0.5, 0.6) is 5.88 Å². The summed E-state index contributed by atoms with van der Waals surface area (Å²) < 4.78 is 7.67. The number of benzene rings is 2. The van der Waals surface area contributed by atoms with E-state index in [9.17, 15) is 5.26 Å². The number of rotatable bonds is 5. The lowest BCUT2D eigenvalue weighted by Gasteiger charge is -2.26. The molecular formula is C24H25N5O. The van der Waals surface area contributed by atoms with Gasteiger partial charge in [0.1, 0.15) is 11.6 Å². The minimum absolute atomic E-state index is 0.125. The van der Waals surface area contributed by atoms with E-state index in [0.29, 0.717) is 11.5 Å². The Morgan fingerprint density at radius 1 is 1.10 bits per heavy atom. The molecule has 0 saturated carbocycles. The van der Waals surface area contributed by atoms with Gasteiger partial charge in [-0.1, -0.05) is 30.3 Å². The zero-order valence-corrected chi connectivity index (χ0v) is 17.5. The highest BCUT2D eigenvalue weighted by molar-refractivity contribution is 5.59. The summed E-state index contributed by atoms with van der Waals surface area (Å²) in [5.41, 5.74) is 11.3. The van der Waals surface area contributed by atoms with Crippen molar-refractivity contribution in [2.45, 2.75) is 26.7 Å². The van der Waals surface area contributed by atoms with Crippen molar-refractivity contribution < 1.29 is 4.74 Å². The Balaban J connectivity index is 1.85. The van der Waals surface area contributed by atoms with Crippen molar-refractivity contribution in [2.75, 3.05) is 18.0 Å². The van der Waals surface area contributed by atoms with Crippen LogP contribution in [0.3, 0.4) is 0 Å². The number of nitrogens with zero attached hydrogens (tertiary/aromatic N) is 4. The van der Waals surface area contributed by atoms with Gasteiger partial charge in [0.25, 0.3) is 0 Å². The van der Waals surface area contributed by atoms with Gasteiger partial charge in [-0.3, -0.25) is 0 Å². The number of aromatic nitrogens is 2. The fourth-order valence-electron chi connectivity index (χ4n) is 4.06. The van der Waals surface area contributed by atoms with E-state index in [1.54, 1.807) is 4.68 Å². The fraction of sp³-hybridized carbons (Fsp3) is 0.250. The second-order valence-electron chi connectivity index (χ2n) is 7.24. The molecule has 4 rings (SSSR count). The maximum Gasteiger partial charge on any atom is 0.229 e. The zero-order valence-electron chi connectivity index (χ0n) is 17.5. The summed E-state index contributed by atoms with van der Waals surface area (Å²) in [7, 11) is 0. The molecule has 1 atom stereocenters. The van der Waals surface area contributed by atoms with Crippen LogP contribution in [0.25, 0.3) is 5.69 Å². The topological polar surface area (TPSA) is 80.1 Å². The molecule has 2 aromatic carbocycles. The van der Waals surface area contributed by atoms with Crippen LogP contribution >= 0.6 is 0 Å². The number of anilines is 1. The second-order valence-corrected chi connectivity index (χ2v) is 7.24. The number of nitrogens with two attached hydrogens (primary N) is 1. The molecule has 0 aliphatic carbocycles. The number of hydrogen-bond acceptors (Lipinski definition) is 5. The highest BCUT2D eigenvalue weighted by atomic mass is 16.5. The second kappa shape index (κ2) is 7.96. The Kier molecular flexibility index (Phi) is 5.20. The largest absolute Gasteiger partial charge is 0.422 e. The van der Waals surface area contributed by atoms with Crippen LogP contribution in [0.15, 0.2) is 66.1 Å². The standard InChI is InChI=1S/C24H25N5O/c1-4-28(5-2)18-13-11-17(12-14-18)22-20(15-25)23(26)30-24-21(22)16(3)27-29(24)19-9-7-6-8-10-19/h6-14,22H,4-5,26H2,1-3H3/t22-/m0/s1. The molecule has 6 nitrogen and oxygen atoms in total. The van der Waals surface area contributed by atoms with Crippen LogP contribution in [0.2, 0.25) is 0 Å². The Hall–Kier alpha value is -3.72. The van der Waals surface area contributed by atoms with Crippen molar-refractivity contribution >= 4 is 5.69 Å². The Morgan fingerprint density at radius 2 is 1.77 bits per heavy atom. The van der Waals surface area contributed by atoms with Crippen molar-refractivity contribution in [3.8, 4) is 17.6 Å². The molecule has 1 aliphatic rings. The van der Waals surface area contributed by atoms with Crippen LogP contribution in [-0.4, -0.2) is 22.9 Å². The van der Waals surface area contributed by atoms with Gasteiger partial charge in [-0.05, 0) is 50.6 Å². The van der Waals surface area contributed by atoms with Crippen LogP contribution < -0.4 is 15.4 Å². The summed E-state index contributed by atoms with van der Waals surface area (Å²) in [6.07, 6.45) is 0. The lowest BCUT2D eigenvalue weighted by Crippen LogP contribution is -2.23. The van der Waals surface area contributed by atoms with E-state index >= 15 is 0 Å². The van der Waals surface area contributed by atoms with Gasteiger partial charge in [0, 0.05) is 18.8 Å². The monoisotopic (exact) mass is 399 g/mol. The first kappa shape index (κ1) is 19.6. The summed E-state index contributed by atoms with van der Waals surface area (Å²) in [6.45, 7) is 8.10. The Morgan fingerprint density at radius 3 is 2.37 bits per heavy atom. The van der Waals surface area contributed by atoms with Gasteiger partial charge in [-0.25, -0.2) is 4.68 Å². The van der Waals surface area contributed by atoms with E-state index in [1.165, 1.54) is 0 Å². The van der Waals surface area contributed by atoms with Gasteiger partial charge in [-0.2, -0.15) is 10.4 Å². The summed E-state index contributed by atoms with van der Waals surface area (Å²) in [6, 6.07) is 20.4. The average molecular weight is 399 g/mol. The lowest BCUT2D eigenvalue weighted by molar-refractivity contribution is 0.367. The number of hydrogen-bond donors (Lipinski definition) is 1. The number of para-hydroxylation sites is 1. The van der Waals surface area contributed by atoms with E-state index in [2.05, 4.69) is 49.1 Å². The van der Waals surface area contributed by atoms with E-state index < -0.39 is 0 Å². The molecule has 0 fully saturated rings. The molecule has 30 heavy (non-hydrogen) atoms. The van der Waals surface area contributed by atoms with Gasteiger partial charge < -0.3 is 15.4 Å². The van der Waals surface area contributed by atoms with Gasteiger partial charge in [0.15, 0.2) is 0 Å². The number of aryl methyl sites for hydroxylation is 1. The van der Waals surface area contributed by atoms with Gasteiger partial charge >= 0.3 is 0 Å². The number of allylic oxidation sites excluding steroid dienone is 1. The third kappa shape index (κ3) is 3.18. The van der Waals surface area contributed by atoms with Crippen molar-refractivity contribution in [1.82, 2.24) is 9.78 Å². The Labute approximate surface area is 176 Å². The van der Waals surface area contributed by atoms with Crippen molar-refractivity contribution in [3.05, 3.63) is 82.9 Å². The molecular weight excluding hydrogens is 374 g/mol. The quantitative estimate of drug-likeness (QED) is 0.694. The maximum atomic E-state index is 9.85. The van der Waals surface area contributed by atoms with E-state index in [4.69, 9.17) is 15.6 Å². The molecule has 0 radical (unpaired) electrons. The minimum atomic E-state index is -0.318. The molecule has 1 aliphatic heterocycles. The summed E-state index contributed by atoms with van der Waals surface area (Å²) in [4.78, 5) is 2.28. The van der Waals surface area contributed by atoms with E-state index in [1.807, 2.05) is 37.3 Å². The highest BCUT2D eigenvalue weighted by Gasteiger charge is 2.36. The van der Waals surface area contributed by atoms with Crippen molar-refractivity contribution in [1.29, 1.82) is 5.26 Å². The number of ether oxygens (including phenoxy) is 1. The smallest absolute Gasteiger partial charge is 0.229 e. The first-order valence-electron chi connectivity index (χ1n) is 10.2. The number of fused-ring (bicyclic) bond motifs is 1. The molecule has 2 heterocycles. The lowest BCUT2D eigenvalue weighted by atomic mass is 9.84. The van der Waals surface area contributed by atoms with Gasteiger partial charge in [-0.15, -0.1) is 0 Å². The van der Waals surface area contributed by atoms with Gasteiger partial charge in [0.05, 0.1) is 22.9 Å². The summed E-state index contributed by atoms with van der Waals surface area (Å²) in [5.74, 6) is 0.370. The summed E-state index contributed by atoms with van der Waals surface area (Å²) >= 11 is 0. The van der Waals surface area contributed by atoms with E-state index in [0.717, 1.165) is 41.3 Å². The molecule has 152 valence electrons. The average Bonchev–Trinajstić information content (AvgIpc) is 3.10. The molecule has 2 N–H and O–H groups in total. The van der Waals surface area contributed by atoms with Gasteiger partial charge in [0.2, 0.25) is 11.8 Å².